The molecule has 132 valence electrons. The van der Waals surface area contributed by atoms with Crippen molar-refractivity contribution in [3.8, 4) is 11.5 Å². The second-order valence-corrected chi connectivity index (χ2v) is 6.40. The summed E-state index contributed by atoms with van der Waals surface area (Å²) in [5.41, 5.74) is 0.952. The van der Waals surface area contributed by atoms with Gasteiger partial charge in [-0.15, -0.1) is 0 Å². The summed E-state index contributed by atoms with van der Waals surface area (Å²) in [4.78, 5) is 30.5. The van der Waals surface area contributed by atoms with E-state index in [1.165, 1.54) is 17.8 Å². The van der Waals surface area contributed by atoms with Gasteiger partial charge in [0.05, 0.1) is 11.4 Å². The fraction of sp³-hybridized carbons (Fsp3) is 0.105. The largest absolute Gasteiger partial charge is 0.455 e. The minimum atomic E-state index is -0.234. The van der Waals surface area contributed by atoms with E-state index in [0.29, 0.717) is 28.0 Å². The number of hydrogen-bond donors (Lipinski definition) is 2. The lowest BCUT2D eigenvalue weighted by molar-refractivity contribution is -0.113. The summed E-state index contributed by atoms with van der Waals surface area (Å²) in [5, 5.41) is 3.24. The van der Waals surface area contributed by atoms with Crippen LogP contribution in [0.15, 0.2) is 70.6 Å². The number of nitrogens with one attached hydrogen (secondary N) is 2. The van der Waals surface area contributed by atoms with E-state index in [1.54, 1.807) is 19.1 Å². The number of aromatic nitrogens is 2. The Morgan fingerprint density at radius 2 is 1.88 bits per heavy atom. The number of anilines is 1. The van der Waals surface area contributed by atoms with Gasteiger partial charge in [0, 0.05) is 11.8 Å². The Bertz CT molecular complexity index is 957. The molecule has 0 saturated heterocycles. The molecule has 0 aliphatic rings. The van der Waals surface area contributed by atoms with Crippen molar-refractivity contribution in [1.82, 2.24) is 9.97 Å². The second-order valence-electron chi connectivity index (χ2n) is 5.44. The van der Waals surface area contributed by atoms with Crippen molar-refractivity contribution in [2.75, 3.05) is 11.1 Å². The molecule has 1 aromatic heterocycles. The van der Waals surface area contributed by atoms with E-state index < -0.39 is 0 Å². The number of thioether (sulfide) groups is 1. The number of hydrogen-bond acceptors (Lipinski definition) is 5. The Labute approximate surface area is 154 Å². The van der Waals surface area contributed by atoms with Crippen molar-refractivity contribution in [3.05, 3.63) is 76.7 Å². The van der Waals surface area contributed by atoms with Gasteiger partial charge in [0.1, 0.15) is 5.75 Å². The molecule has 0 fully saturated rings. The summed E-state index contributed by atoms with van der Waals surface area (Å²) < 4.78 is 5.82. The molecule has 0 aliphatic carbocycles. The van der Waals surface area contributed by atoms with Gasteiger partial charge >= 0.3 is 0 Å². The highest BCUT2D eigenvalue weighted by Gasteiger charge is 2.10. The standard InChI is InChI=1S/C19H17N3O3S/c1-13-11-17(23)22-19(20-13)26-12-18(24)21-15-9-5-6-10-16(15)25-14-7-3-2-4-8-14/h2-11H,12H2,1H3,(H,21,24)(H,20,22,23). The fourth-order valence-electron chi connectivity index (χ4n) is 2.21. The van der Waals surface area contributed by atoms with E-state index in [0.717, 1.165) is 0 Å². The highest BCUT2D eigenvalue weighted by molar-refractivity contribution is 7.99. The van der Waals surface area contributed by atoms with E-state index in [2.05, 4.69) is 15.3 Å². The molecule has 0 atom stereocenters. The van der Waals surface area contributed by atoms with Crippen LogP contribution in [0, 0.1) is 6.92 Å². The van der Waals surface area contributed by atoms with Crippen molar-refractivity contribution in [1.29, 1.82) is 0 Å². The fourth-order valence-corrected chi connectivity index (χ4v) is 2.94. The normalized spacial score (nSPS) is 10.3. The molecule has 0 spiro atoms. The third kappa shape index (κ3) is 4.97. The predicted octanol–water partition coefficient (Wildman–Crippen LogP) is 3.60. The van der Waals surface area contributed by atoms with Crippen molar-refractivity contribution >= 4 is 23.4 Å². The van der Waals surface area contributed by atoms with Crippen LogP contribution in [0.5, 0.6) is 11.5 Å². The molecule has 1 amide bonds. The third-order valence-electron chi connectivity index (χ3n) is 3.32. The van der Waals surface area contributed by atoms with Crippen molar-refractivity contribution in [2.24, 2.45) is 0 Å². The van der Waals surface area contributed by atoms with E-state index in [4.69, 9.17) is 4.74 Å². The molecule has 0 bridgehead atoms. The number of para-hydroxylation sites is 3. The Hall–Kier alpha value is -3.06. The van der Waals surface area contributed by atoms with E-state index >= 15 is 0 Å². The second kappa shape index (κ2) is 8.35. The lowest BCUT2D eigenvalue weighted by atomic mass is 10.3. The molecular formula is C19H17N3O3S. The molecule has 7 heteroatoms. The van der Waals surface area contributed by atoms with Crippen LogP contribution >= 0.6 is 11.8 Å². The first-order valence-electron chi connectivity index (χ1n) is 7.93. The number of nitrogens with zero attached hydrogens (tertiary/aromatic N) is 1. The molecular weight excluding hydrogens is 350 g/mol. The molecule has 26 heavy (non-hydrogen) atoms. The van der Waals surface area contributed by atoms with Gasteiger partial charge in [0.2, 0.25) is 5.91 Å². The van der Waals surface area contributed by atoms with Gasteiger partial charge < -0.3 is 15.0 Å². The predicted molar refractivity (Wildman–Crippen MR) is 102 cm³/mol. The van der Waals surface area contributed by atoms with Crippen LogP contribution in [-0.4, -0.2) is 21.6 Å². The average Bonchev–Trinajstić information content (AvgIpc) is 2.62. The maximum atomic E-state index is 12.3. The molecule has 0 aliphatic heterocycles. The van der Waals surface area contributed by atoms with Gasteiger partial charge in [-0.2, -0.15) is 0 Å². The molecule has 3 rings (SSSR count). The maximum Gasteiger partial charge on any atom is 0.251 e. The number of aromatic amines is 1. The molecule has 6 nitrogen and oxygen atoms in total. The zero-order chi connectivity index (χ0) is 18.4. The number of H-pyrrole nitrogens is 1. The SMILES string of the molecule is Cc1cc(=O)[nH]c(SCC(=O)Nc2ccccc2Oc2ccccc2)n1. The van der Waals surface area contributed by atoms with Gasteiger partial charge in [0.25, 0.3) is 5.56 Å². The highest BCUT2D eigenvalue weighted by atomic mass is 32.2. The number of benzene rings is 2. The monoisotopic (exact) mass is 367 g/mol. The number of ether oxygens (including phenoxy) is 1. The number of amides is 1. The molecule has 0 unspecified atom stereocenters. The van der Waals surface area contributed by atoms with Gasteiger partial charge in [-0.1, -0.05) is 42.1 Å². The third-order valence-corrected chi connectivity index (χ3v) is 4.19. The molecule has 0 saturated carbocycles. The number of carbonyl (C=O) groups is 1. The summed E-state index contributed by atoms with van der Waals surface area (Å²) in [7, 11) is 0. The van der Waals surface area contributed by atoms with Crippen LogP contribution in [0.25, 0.3) is 0 Å². The zero-order valence-electron chi connectivity index (χ0n) is 14.1. The zero-order valence-corrected chi connectivity index (χ0v) is 14.9. The minimum absolute atomic E-state index is 0.117. The van der Waals surface area contributed by atoms with Gasteiger partial charge in [-0.25, -0.2) is 4.98 Å². The first kappa shape index (κ1) is 17.8. The highest BCUT2D eigenvalue weighted by Crippen LogP contribution is 2.29. The summed E-state index contributed by atoms with van der Waals surface area (Å²) in [6.07, 6.45) is 0. The Kier molecular flexibility index (Phi) is 5.70. The van der Waals surface area contributed by atoms with E-state index in [1.807, 2.05) is 42.5 Å². The van der Waals surface area contributed by atoms with Gasteiger partial charge in [0.15, 0.2) is 10.9 Å². The Morgan fingerprint density at radius 3 is 2.65 bits per heavy atom. The van der Waals surface area contributed by atoms with E-state index in [-0.39, 0.29) is 17.2 Å². The molecule has 2 N–H and O–H groups in total. The van der Waals surface area contributed by atoms with Crippen LogP contribution < -0.4 is 15.6 Å². The smallest absolute Gasteiger partial charge is 0.251 e. The quantitative estimate of drug-likeness (QED) is 0.514. The van der Waals surface area contributed by atoms with Crippen LogP contribution in [-0.2, 0) is 4.79 Å². The Balaban J connectivity index is 1.65. The molecule has 3 aromatic rings. The van der Waals surface area contributed by atoms with Gasteiger partial charge in [-0.05, 0) is 31.2 Å². The summed E-state index contributed by atoms with van der Waals surface area (Å²) in [6.45, 7) is 1.73. The van der Waals surface area contributed by atoms with Crippen molar-refractivity contribution in [2.45, 2.75) is 12.1 Å². The van der Waals surface area contributed by atoms with Crippen LogP contribution in [0.2, 0.25) is 0 Å². The van der Waals surface area contributed by atoms with E-state index in [9.17, 15) is 9.59 Å². The number of carbonyl (C=O) groups excluding carboxylic acids is 1. The first-order valence-corrected chi connectivity index (χ1v) is 8.91. The lowest BCUT2D eigenvalue weighted by Gasteiger charge is -2.12. The molecule has 0 radical (unpaired) electrons. The Morgan fingerprint density at radius 1 is 1.15 bits per heavy atom. The van der Waals surface area contributed by atoms with Crippen molar-refractivity contribution < 1.29 is 9.53 Å². The van der Waals surface area contributed by atoms with Gasteiger partial charge in [-0.3, -0.25) is 9.59 Å². The van der Waals surface area contributed by atoms with Crippen LogP contribution in [0.1, 0.15) is 5.69 Å². The summed E-state index contributed by atoms with van der Waals surface area (Å²) >= 11 is 1.17. The average molecular weight is 367 g/mol. The summed E-state index contributed by atoms with van der Waals surface area (Å²) in [5.74, 6) is 1.14. The first-order chi connectivity index (χ1) is 12.6. The maximum absolute atomic E-state index is 12.3. The lowest BCUT2D eigenvalue weighted by Crippen LogP contribution is -2.16. The van der Waals surface area contributed by atoms with Crippen molar-refractivity contribution in [3.63, 3.8) is 0 Å². The number of aryl methyl sites for hydroxylation is 1. The molecule has 1 heterocycles. The number of rotatable bonds is 6. The topological polar surface area (TPSA) is 84.1 Å². The molecule has 2 aromatic carbocycles. The van der Waals surface area contributed by atoms with Crippen LogP contribution in [0.3, 0.4) is 0 Å². The van der Waals surface area contributed by atoms with Crippen LogP contribution in [0.4, 0.5) is 5.69 Å². The minimum Gasteiger partial charge on any atom is -0.455 e. The summed E-state index contributed by atoms with van der Waals surface area (Å²) in [6, 6.07) is 18.0.